The van der Waals surface area contributed by atoms with E-state index < -0.39 is 5.97 Å². The van der Waals surface area contributed by atoms with Gasteiger partial charge in [0.05, 0.1) is 6.61 Å². The van der Waals surface area contributed by atoms with Crippen LogP contribution in [0.15, 0.2) is 30.5 Å². The summed E-state index contributed by atoms with van der Waals surface area (Å²) < 4.78 is 5.39. The molecule has 2 aromatic rings. The van der Waals surface area contributed by atoms with Gasteiger partial charge in [-0.2, -0.15) is 0 Å². The normalized spacial score (nSPS) is 10.3. The van der Waals surface area contributed by atoms with Gasteiger partial charge in [0.1, 0.15) is 17.1 Å². The zero-order valence-electron chi connectivity index (χ0n) is 12.7. The Kier molecular flexibility index (Phi) is 5.30. The van der Waals surface area contributed by atoms with Gasteiger partial charge in [-0.25, -0.2) is 14.8 Å². The first-order chi connectivity index (χ1) is 10.7. The minimum atomic E-state index is -1.04. The Bertz CT molecular complexity index is 642. The molecule has 1 aromatic heterocycles. The minimum Gasteiger partial charge on any atom is -0.494 e. The van der Waals surface area contributed by atoms with E-state index >= 15 is 0 Å². The second-order valence-electron chi connectivity index (χ2n) is 4.65. The summed E-state index contributed by atoms with van der Waals surface area (Å²) >= 11 is 0. The van der Waals surface area contributed by atoms with E-state index in [1.54, 1.807) is 0 Å². The van der Waals surface area contributed by atoms with Crippen molar-refractivity contribution in [3.8, 4) is 17.1 Å². The fourth-order valence-electron chi connectivity index (χ4n) is 1.92. The van der Waals surface area contributed by atoms with E-state index in [-0.39, 0.29) is 5.56 Å². The van der Waals surface area contributed by atoms with Crippen LogP contribution in [0.4, 0.5) is 5.82 Å². The Morgan fingerprint density at radius 2 is 2.00 bits per heavy atom. The van der Waals surface area contributed by atoms with Crippen molar-refractivity contribution in [3.05, 3.63) is 36.0 Å². The maximum Gasteiger partial charge on any atom is 0.341 e. The van der Waals surface area contributed by atoms with E-state index in [1.165, 1.54) is 6.20 Å². The summed E-state index contributed by atoms with van der Waals surface area (Å²) in [6.45, 7) is 5.18. The van der Waals surface area contributed by atoms with Crippen LogP contribution in [0, 0.1) is 0 Å². The monoisotopic (exact) mass is 301 g/mol. The number of hydrogen-bond donors (Lipinski definition) is 2. The number of aromatic nitrogens is 2. The molecule has 6 heteroatoms. The average Bonchev–Trinajstić information content (AvgIpc) is 2.53. The Morgan fingerprint density at radius 1 is 1.27 bits per heavy atom. The Balaban J connectivity index is 2.32. The smallest absolute Gasteiger partial charge is 0.341 e. The van der Waals surface area contributed by atoms with Crippen molar-refractivity contribution < 1.29 is 14.6 Å². The molecule has 0 amide bonds. The maximum atomic E-state index is 11.2. The van der Waals surface area contributed by atoms with Gasteiger partial charge in [0.2, 0.25) is 0 Å². The highest BCUT2D eigenvalue weighted by atomic mass is 16.5. The quantitative estimate of drug-likeness (QED) is 0.817. The van der Waals surface area contributed by atoms with Crippen LogP contribution < -0.4 is 10.1 Å². The molecule has 0 unspecified atom stereocenters. The van der Waals surface area contributed by atoms with Gasteiger partial charge in [-0.15, -0.1) is 0 Å². The molecule has 2 rings (SSSR count). The maximum absolute atomic E-state index is 11.2. The highest BCUT2D eigenvalue weighted by Gasteiger charge is 2.14. The predicted molar refractivity (Wildman–Crippen MR) is 84.4 cm³/mol. The van der Waals surface area contributed by atoms with E-state index in [2.05, 4.69) is 15.3 Å². The van der Waals surface area contributed by atoms with Crippen LogP contribution in [0.3, 0.4) is 0 Å². The molecule has 0 fully saturated rings. The Morgan fingerprint density at radius 3 is 2.59 bits per heavy atom. The van der Waals surface area contributed by atoms with E-state index in [1.807, 2.05) is 38.1 Å². The third-order valence-corrected chi connectivity index (χ3v) is 2.99. The number of nitrogens with one attached hydrogen (secondary N) is 1. The molecule has 0 aliphatic heterocycles. The first kappa shape index (κ1) is 15.8. The van der Waals surface area contributed by atoms with Gasteiger partial charge in [0.25, 0.3) is 0 Å². The molecule has 0 saturated heterocycles. The molecule has 2 N–H and O–H groups in total. The summed E-state index contributed by atoms with van der Waals surface area (Å²) in [7, 11) is 0. The molecule has 0 aliphatic carbocycles. The second-order valence-corrected chi connectivity index (χ2v) is 4.65. The van der Waals surface area contributed by atoms with E-state index in [4.69, 9.17) is 4.74 Å². The van der Waals surface area contributed by atoms with Crippen LogP contribution in [0.25, 0.3) is 11.4 Å². The Hall–Kier alpha value is -2.63. The number of carboxylic acids is 1. The van der Waals surface area contributed by atoms with Crippen molar-refractivity contribution in [3.63, 3.8) is 0 Å². The molecule has 0 bridgehead atoms. The second kappa shape index (κ2) is 7.40. The van der Waals surface area contributed by atoms with Crippen LogP contribution in [0.2, 0.25) is 0 Å². The minimum absolute atomic E-state index is 0.0723. The van der Waals surface area contributed by atoms with Crippen molar-refractivity contribution in [1.29, 1.82) is 0 Å². The molecule has 0 radical (unpaired) electrons. The number of anilines is 1. The highest BCUT2D eigenvalue weighted by Crippen LogP contribution is 2.22. The summed E-state index contributed by atoms with van der Waals surface area (Å²) in [6.07, 6.45) is 2.21. The molecule has 0 saturated carbocycles. The lowest BCUT2D eigenvalue weighted by Crippen LogP contribution is -2.10. The van der Waals surface area contributed by atoms with Crippen LogP contribution in [0.5, 0.6) is 5.75 Å². The fraction of sp³-hybridized carbons (Fsp3) is 0.312. The SMILES string of the molecule is CCCNc1nc(-c2ccc(OCC)cc2)ncc1C(=O)O. The lowest BCUT2D eigenvalue weighted by Gasteiger charge is -2.09. The van der Waals surface area contributed by atoms with Gasteiger partial charge in [0, 0.05) is 18.3 Å². The molecule has 22 heavy (non-hydrogen) atoms. The van der Waals surface area contributed by atoms with Crippen LogP contribution in [0.1, 0.15) is 30.6 Å². The molecule has 6 nitrogen and oxygen atoms in total. The van der Waals surface area contributed by atoms with Gasteiger partial charge < -0.3 is 15.2 Å². The molecule has 1 aromatic carbocycles. The number of benzene rings is 1. The largest absolute Gasteiger partial charge is 0.494 e. The highest BCUT2D eigenvalue weighted by molar-refractivity contribution is 5.93. The van der Waals surface area contributed by atoms with Crippen LogP contribution >= 0.6 is 0 Å². The summed E-state index contributed by atoms with van der Waals surface area (Å²) in [5.74, 6) is 0.550. The van der Waals surface area contributed by atoms with Gasteiger partial charge in [-0.05, 0) is 37.6 Å². The zero-order chi connectivity index (χ0) is 15.9. The predicted octanol–water partition coefficient (Wildman–Crippen LogP) is 3.06. The average molecular weight is 301 g/mol. The molecule has 0 aliphatic rings. The third kappa shape index (κ3) is 3.72. The Labute approximate surface area is 129 Å². The molecule has 116 valence electrons. The number of nitrogens with zero attached hydrogens (tertiary/aromatic N) is 2. The molecule has 1 heterocycles. The zero-order valence-corrected chi connectivity index (χ0v) is 12.7. The lowest BCUT2D eigenvalue weighted by atomic mass is 10.2. The molecular formula is C16H19N3O3. The molecular weight excluding hydrogens is 282 g/mol. The fourth-order valence-corrected chi connectivity index (χ4v) is 1.92. The number of hydrogen-bond acceptors (Lipinski definition) is 5. The van der Waals surface area contributed by atoms with Gasteiger partial charge >= 0.3 is 5.97 Å². The van der Waals surface area contributed by atoms with Gasteiger partial charge in [0.15, 0.2) is 5.82 Å². The first-order valence-corrected chi connectivity index (χ1v) is 7.23. The van der Waals surface area contributed by atoms with Crippen molar-refractivity contribution in [1.82, 2.24) is 9.97 Å². The number of carboxylic acid groups (broad SMARTS) is 1. The number of rotatable bonds is 7. The standard InChI is InChI=1S/C16H19N3O3/c1-3-9-17-15-13(16(20)21)10-18-14(19-15)11-5-7-12(8-6-11)22-4-2/h5-8,10H,3-4,9H2,1-2H3,(H,20,21)(H,17,18,19). The van der Waals surface area contributed by atoms with Crippen molar-refractivity contribution in [2.45, 2.75) is 20.3 Å². The molecule has 0 spiro atoms. The summed E-state index contributed by atoms with van der Waals surface area (Å²) in [4.78, 5) is 19.7. The van der Waals surface area contributed by atoms with E-state index in [0.717, 1.165) is 17.7 Å². The topological polar surface area (TPSA) is 84.3 Å². The van der Waals surface area contributed by atoms with Crippen molar-refractivity contribution >= 4 is 11.8 Å². The number of aromatic carboxylic acids is 1. The lowest BCUT2D eigenvalue weighted by molar-refractivity contribution is 0.0697. The van der Waals surface area contributed by atoms with E-state index in [0.29, 0.717) is 24.8 Å². The van der Waals surface area contributed by atoms with E-state index in [9.17, 15) is 9.90 Å². The van der Waals surface area contributed by atoms with Crippen molar-refractivity contribution in [2.24, 2.45) is 0 Å². The molecule has 0 atom stereocenters. The van der Waals surface area contributed by atoms with Crippen LogP contribution in [-0.4, -0.2) is 34.2 Å². The summed E-state index contributed by atoms with van der Waals surface area (Å²) in [5.41, 5.74) is 0.878. The first-order valence-electron chi connectivity index (χ1n) is 7.23. The third-order valence-electron chi connectivity index (χ3n) is 2.99. The van der Waals surface area contributed by atoms with Crippen LogP contribution in [-0.2, 0) is 0 Å². The summed E-state index contributed by atoms with van der Waals surface area (Å²) in [5, 5.41) is 12.2. The van der Waals surface area contributed by atoms with Crippen molar-refractivity contribution in [2.75, 3.05) is 18.5 Å². The van der Waals surface area contributed by atoms with Gasteiger partial charge in [-0.1, -0.05) is 6.92 Å². The summed E-state index contributed by atoms with van der Waals surface area (Å²) in [6, 6.07) is 7.38. The number of carbonyl (C=O) groups is 1. The number of ether oxygens (including phenoxy) is 1. The van der Waals surface area contributed by atoms with Gasteiger partial charge in [-0.3, -0.25) is 0 Å².